The van der Waals surface area contributed by atoms with Crippen LogP contribution >= 0.6 is 0 Å². The van der Waals surface area contributed by atoms with Gasteiger partial charge < -0.3 is 4.90 Å². The molecule has 164 valence electrons. The van der Waals surface area contributed by atoms with Crippen molar-refractivity contribution in [1.29, 1.82) is 0 Å². The molecule has 2 fully saturated rings. The summed E-state index contributed by atoms with van der Waals surface area (Å²) >= 11 is 0. The molecule has 0 amide bonds. The number of fused-ring (bicyclic) bond motifs is 1. The highest BCUT2D eigenvalue weighted by molar-refractivity contribution is 5.84. The zero-order valence-electron chi connectivity index (χ0n) is 17.5. The predicted molar refractivity (Wildman–Crippen MR) is 116 cm³/mol. The predicted octanol–water partition coefficient (Wildman–Crippen LogP) is 2.70. The lowest BCUT2D eigenvalue weighted by Gasteiger charge is -2.39. The van der Waals surface area contributed by atoms with Gasteiger partial charge in [0, 0.05) is 29.4 Å². The maximum atomic E-state index is 13.1. The van der Waals surface area contributed by atoms with Crippen LogP contribution in [0.3, 0.4) is 0 Å². The first-order valence-corrected chi connectivity index (χ1v) is 11.1. The molecule has 1 saturated carbocycles. The van der Waals surface area contributed by atoms with Crippen LogP contribution in [0.2, 0.25) is 0 Å². The Kier molecular flexibility index (Phi) is 4.92. The summed E-state index contributed by atoms with van der Waals surface area (Å²) in [5.74, 6) is 0. The molecule has 1 spiro atoms. The Hall–Kier alpha value is -2.94. The van der Waals surface area contributed by atoms with Crippen LogP contribution in [-0.4, -0.2) is 44.5 Å². The molecule has 0 radical (unpaired) electrons. The van der Waals surface area contributed by atoms with Gasteiger partial charge in [0.05, 0.1) is 4.92 Å². The van der Waals surface area contributed by atoms with Crippen LogP contribution in [0.15, 0.2) is 27.8 Å². The highest BCUT2D eigenvalue weighted by atomic mass is 16.6. The zero-order chi connectivity index (χ0) is 21.6. The van der Waals surface area contributed by atoms with Gasteiger partial charge in [0.2, 0.25) is 10.9 Å². The van der Waals surface area contributed by atoms with Crippen LogP contribution in [0, 0.1) is 26.2 Å². The second-order valence-corrected chi connectivity index (χ2v) is 9.16. The standard InChI is InChI=1S/C22H27N5O4/c28-20-16-5-4-15(27(30)31)14-17(16)21(29)19-18(20)23-24-26(19)11-3-10-25-12-8-22(9-13-25)6-1-2-7-22/h4-5,14,23-24H,1-3,6-13H2. The third kappa shape index (κ3) is 3.46. The van der Waals surface area contributed by atoms with Crippen LogP contribution in [0.1, 0.15) is 44.9 Å². The number of non-ortho nitro benzene ring substituents is 1. The molecule has 2 aliphatic heterocycles. The molecule has 2 aliphatic carbocycles. The number of aromatic nitrogens is 3. The Labute approximate surface area is 177 Å². The fourth-order valence-electron chi connectivity index (χ4n) is 5.56. The van der Waals surface area contributed by atoms with Crippen molar-refractivity contribution in [3.63, 3.8) is 0 Å². The lowest BCUT2D eigenvalue weighted by atomic mass is 9.77. The summed E-state index contributed by atoms with van der Waals surface area (Å²) in [6.07, 6.45) is 8.95. The zero-order valence-corrected chi connectivity index (χ0v) is 17.5. The third-order valence-electron chi connectivity index (χ3n) is 7.40. The average molecular weight is 425 g/mol. The number of nitrogens with one attached hydrogen (secondary N) is 2. The van der Waals surface area contributed by atoms with Crippen molar-refractivity contribution in [2.75, 3.05) is 19.6 Å². The fraction of sp³-hybridized carbons (Fsp3) is 0.545. The summed E-state index contributed by atoms with van der Waals surface area (Å²) in [7, 11) is 0. The first kappa shape index (κ1) is 20.0. The number of piperidine rings is 1. The largest absolute Gasteiger partial charge is 0.303 e. The number of likely N-dealkylation sites (tertiary alicyclic amines) is 1. The van der Waals surface area contributed by atoms with Gasteiger partial charge in [-0.3, -0.25) is 29.5 Å². The van der Waals surface area contributed by atoms with Crippen molar-refractivity contribution in [3.05, 3.63) is 59.5 Å². The highest BCUT2D eigenvalue weighted by Crippen LogP contribution is 2.46. The molecule has 9 heteroatoms. The minimum atomic E-state index is -0.556. The molecule has 0 unspecified atom stereocenters. The van der Waals surface area contributed by atoms with Crippen molar-refractivity contribution >= 4 is 16.5 Å². The van der Waals surface area contributed by atoms with Crippen molar-refractivity contribution in [2.45, 2.75) is 51.5 Å². The van der Waals surface area contributed by atoms with Gasteiger partial charge >= 0.3 is 0 Å². The van der Waals surface area contributed by atoms with Crippen LogP contribution < -0.4 is 10.9 Å². The summed E-state index contributed by atoms with van der Waals surface area (Å²) in [5, 5.41) is 17.6. The van der Waals surface area contributed by atoms with Gasteiger partial charge in [-0.1, -0.05) is 12.8 Å². The number of nitrogens with zero attached hydrogens (tertiary/aromatic N) is 3. The molecule has 1 aromatic carbocycles. The number of aromatic amines is 2. The van der Waals surface area contributed by atoms with E-state index in [-0.39, 0.29) is 38.0 Å². The summed E-state index contributed by atoms with van der Waals surface area (Å²) in [6.45, 7) is 3.78. The lowest BCUT2D eigenvalue weighted by molar-refractivity contribution is -0.384. The van der Waals surface area contributed by atoms with E-state index < -0.39 is 4.92 Å². The molecule has 2 heterocycles. The fourth-order valence-corrected chi connectivity index (χ4v) is 5.56. The smallest absolute Gasteiger partial charge is 0.270 e. The van der Waals surface area contributed by atoms with Crippen LogP contribution in [0.4, 0.5) is 5.69 Å². The number of hydrogen-bond donors (Lipinski definition) is 2. The van der Waals surface area contributed by atoms with E-state index in [0.29, 0.717) is 12.0 Å². The van der Waals surface area contributed by atoms with Gasteiger partial charge in [0.1, 0.15) is 10.7 Å². The summed E-state index contributed by atoms with van der Waals surface area (Å²) in [6, 6.07) is 3.81. The van der Waals surface area contributed by atoms with Gasteiger partial charge in [-0.2, -0.15) is 0 Å². The molecule has 0 atom stereocenters. The minimum Gasteiger partial charge on any atom is -0.303 e. The van der Waals surface area contributed by atoms with E-state index in [1.165, 1.54) is 56.7 Å². The first-order chi connectivity index (χ1) is 15.0. The quantitative estimate of drug-likeness (QED) is 0.481. The maximum absolute atomic E-state index is 13.1. The van der Waals surface area contributed by atoms with Crippen LogP contribution in [0.5, 0.6) is 0 Å². The van der Waals surface area contributed by atoms with Gasteiger partial charge in [0.15, 0.2) is 0 Å². The van der Waals surface area contributed by atoms with Crippen LogP contribution in [-0.2, 0) is 6.54 Å². The van der Waals surface area contributed by atoms with Crippen molar-refractivity contribution in [2.24, 2.45) is 5.41 Å². The molecule has 1 saturated heterocycles. The van der Waals surface area contributed by atoms with Gasteiger partial charge in [-0.15, -0.1) is 0 Å². The van der Waals surface area contributed by atoms with Gasteiger partial charge in [-0.05, 0) is 63.2 Å². The number of nitro benzene ring substituents is 1. The third-order valence-corrected chi connectivity index (χ3v) is 7.40. The summed E-state index contributed by atoms with van der Waals surface area (Å²) < 4.78 is 1.67. The number of benzene rings is 1. The number of nitro groups is 1. The van der Waals surface area contributed by atoms with Crippen molar-refractivity contribution in [1.82, 2.24) is 19.9 Å². The molecule has 0 bridgehead atoms. The lowest BCUT2D eigenvalue weighted by Crippen LogP contribution is -2.39. The maximum Gasteiger partial charge on any atom is 0.270 e. The van der Waals surface area contributed by atoms with E-state index >= 15 is 0 Å². The summed E-state index contributed by atoms with van der Waals surface area (Å²) in [4.78, 5) is 38.9. The molecule has 0 aromatic heterocycles. The van der Waals surface area contributed by atoms with Crippen LogP contribution in [0.25, 0.3) is 10.8 Å². The molecular formula is C22H27N5O4. The molecule has 9 nitrogen and oxygen atoms in total. The Balaban J connectivity index is 1.36. The molecule has 2 N–H and O–H groups in total. The minimum absolute atomic E-state index is 0.0892. The van der Waals surface area contributed by atoms with Gasteiger partial charge in [0.25, 0.3) is 5.69 Å². The molecule has 31 heavy (non-hydrogen) atoms. The molecule has 5 rings (SSSR count). The van der Waals surface area contributed by atoms with E-state index in [4.69, 9.17) is 0 Å². The van der Waals surface area contributed by atoms with E-state index in [2.05, 4.69) is 15.2 Å². The van der Waals surface area contributed by atoms with E-state index in [9.17, 15) is 19.7 Å². The Morgan fingerprint density at radius 3 is 2.45 bits per heavy atom. The van der Waals surface area contributed by atoms with Crippen molar-refractivity contribution < 1.29 is 4.92 Å². The number of aryl methyl sites for hydroxylation is 1. The first-order valence-electron chi connectivity index (χ1n) is 11.1. The normalized spacial score (nSPS) is 19.0. The second kappa shape index (κ2) is 7.64. The molecule has 4 aliphatic rings. The number of rotatable bonds is 5. The molecular weight excluding hydrogens is 398 g/mol. The monoisotopic (exact) mass is 425 g/mol. The number of H-pyrrole nitrogens is 2. The van der Waals surface area contributed by atoms with E-state index in [0.717, 1.165) is 26.1 Å². The Morgan fingerprint density at radius 1 is 1.00 bits per heavy atom. The van der Waals surface area contributed by atoms with E-state index in [1.807, 2.05) is 0 Å². The topological polar surface area (TPSA) is 117 Å². The summed E-state index contributed by atoms with van der Waals surface area (Å²) in [5.41, 5.74) is -0.291. The highest BCUT2D eigenvalue weighted by Gasteiger charge is 2.36. The average Bonchev–Trinajstić information content (AvgIpc) is 3.41. The molecule has 1 aromatic rings. The van der Waals surface area contributed by atoms with Gasteiger partial charge in [-0.25, -0.2) is 5.21 Å². The Morgan fingerprint density at radius 2 is 1.74 bits per heavy atom. The van der Waals surface area contributed by atoms with E-state index in [1.54, 1.807) is 4.68 Å². The number of hydrogen-bond acceptors (Lipinski definition) is 5. The Bertz CT molecular complexity index is 1300. The van der Waals surface area contributed by atoms with Crippen molar-refractivity contribution in [3.8, 4) is 0 Å². The second-order valence-electron chi connectivity index (χ2n) is 9.16. The SMILES string of the molecule is O=c1c2[nH][nH]n(CCCN3CCC4(CCCC4)CC3)c=2c(=O)c2cc([N+](=O)[O-])ccc12.